The van der Waals surface area contributed by atoms with E-state index < -0.39 is 0 Å². The summed E-state index contributed by atoms with van der Waals surface area (Å²) in [6.45, 7) is 8.33. The molecule has 5 nitrogen and oxygen atoms in total. The summed E-state index contributed by atoms with van der Waals surface area (Å²) >= 11 is 0. The maximum Gasteiger partial charge on any atom is 0.0831 e. The molecule has 92 valence electrons. The third-order valence-corrected chi connectivity index (χ3v) is 3.02. The van der Waals surface area contributed by atoms with Crippen molar-refractivity contribution in [2.45, 2.75) is 40.4 Å². The Morgan fingerprint density at radius 1 is 1.29 bits per heavy atom. The van der Waals surface area contributed by atoms with Gasteiger partial charge in [0.05, 0.1) is 24.1 Å². The van der Waals surface area contributed by atoms with Crippen LogP contribution in [0.3, 0.4) is 0 Å². The van der Waals surface area contributed by atoms with Gasteiger partial charge in [-0.05, 0) is 26.8 Å². The minimum absolute atomic E-state index is 0.540. The first-order valence-electron chi connectivity index (χ1n) is 5.90. The highest BCUT2D eigenvalue weighted by Gasteiger charge is 2.09. The van der Waals surface area contributed by atoms with Gasteiger partial charge >= 0.3 is 0 Å². The fourth-order valence-corrected chi connectivity index (χ4v) is 2.00. The first-order chi connectivity index (χ1) is 8.15. The Balaban J connectivity index is 2.27. The molecule has 0 atom stereocenters. The maximum atomic E-state index is 5.65. The Hall–Kier alpha value is -1.62. The zero-order chi connectivity index (χ0) is 12.4. The summed E-state index contributed by atoms with van der Waals surface area (Å²) < 4.78 is 3.99. The van der Waals surface area contributed by atoms with Crippen LogP contribution in [0.4, 0.5) is 0 Å². The van der Waals surface area contributed by atoms with Crippen LogP contribution in [0.15, 0.2) is 12.3 Å². The fraction of sp³-hybridized carbons (Fsp3) is 0.500. The summed E-state index contributed by atoms with van der Waals surface area (Å²) in [4.78, 5) is 0. The van der Waals surface area contributed by atoms with Crippen LogP contribution >= 0.6 is 0 Å². The Morgan fingerprint density at radius 3 is 2.65 bits per heavy atom. The molecule has 0 spiro atoms. The predicted octanol–water partition coefficient (Wildman–Crippen LogP) is 1.22. The molecule has 2 heterocycles. The van der Waals surface area contributed by atoms with Crippen molar-refractivity contribution < 1.29 is 0 Å². The van der Waals surface area contributed by atoms with Crippen LogP contribution in [0.1, 0.15) is 29.6 Å². The predicted molar refractivity (Wildman–Crippen MR) is 66.6 cm³/mol. The summed E-state index contributed by atoms with van der Waals surface area (Å²) in [6, 6.07) is 2.10. The number of rotatable bonds is 4. The van der Waals surface area contributed by atoms with Crippen molar-refractivity contribution >= 4 is 0 Å². The topological polar surface area (TPSA) is 61.7 Å². The van der Waals surface area contributed by atoms with Gasteiger partial charge in [0.1, 0.15) is 0 Å². The second-order valence-electron chi connectivity index (χ2n) is 4.21. The van der Waals surface area contributed by atoms with Gasteiger partial charge in [-0.3, -0.25) is 9.36 Å². The van der Waals surface area contributed by atoms with E-state index in [1.54, 1.807) is 0 Å². The molecule has 0 radical (unpaired) electrons. The van der Waals surface area contributed by atoms with Crippen molar-refractivity contribution in [3.05, 3.63) is 34.9 Å². The highest BCUT2D eigenvalue weighted by atomic mass is 15.3. The summed E-state index contributed by atoms with van der Waals surface area (Å²) in [6.07, 6.45) is 1.84. The van der Waals surface area contributed by atoms with Crippen molar-refractivity contribution in [1.82, 2.24) is 19.6 Å². The third-order valence-electron chi connectivity index (χ3n) is 3.02. The SMILES string of the molecule is CCn1nc(C)cc1Cn1ncc(CN)c1C. The molecule has 2 N–H and O–H groups in total. The van der Waals surface area contributed by atoms with Crippen molar-refractivity contribution in [3.63, 3.8) is 0 Å². The van der Waals surface area contributed by atoms with Crippen molar-refractivity contribution in [2.24, 2.45) is 5.73 Å². The molecule has 2 aromatic heterocycles. The number of hydrogen-bond donors (Lipinski definition) is 1. The number of aryl methyl sites for hydroxylation is 2. The zero-order valence-corrected chi connectivity index (χ0v) is 10.6. The molecule has 5 heteroatoms. The molecule has 0 amide bonds. The maximum absolute atomic E-state index is 5.65. The lowest BCUT2D eigenvalue weighted by Gasteiger charge is -2.07. The average molecular weight is 233 g/mol. The smallest absolute Gasteiger partial charge is 0.0831 e. The van der Waals surface area contributed by atoms with Crippen molar-refractivity contribution in [2.75, 3.05) is 0 Å². The summed E-state index contributed by atoms with van der Waals surface area (Å²) in [5.74, 6) is 0. The van der Waals surface area contributed by atoms with Crippen molar-refractivity contribution in [1.29, 1.82) is 0 Å². The zero-order valence-electron chi connectivity index (χ0n) is 10.6. The number of nitrogens with zero attached hydrogens (tertiary/aromatic N) is 4. The molecular formula is C12H19N5. The van der Waals surface area contributed by atoms with Crippen LogP contribution in [0, 0.1) is 13.8 Å². The van der Waals surface area contributed by atoms with Gasteiger partial charge in [0, 0.05) is 24.3 Å². The molecule has 2 rings (SSSR count). The Kier molecular flexibility index (Phi) is 3.28. The monoisotopic (exact) mass is 233 g/mol. The van der Waals surface area contributed by atoms with Crippen LogP contribution in [0.5, 0.6) is 0 Å². The van der Waals surface area contributed by atoms with E-state index in [2.05, 4.69) is 30.1 Å². The fourth-order valence-electron chi connectivity index (χ4n) is 2.00. The molecule has 0 bridgehead atoms. The van der Waals surface area contributed by atoms with E-state index >= 15 is 0 Å². The van der Waals surface area contributed by atoms with E-state index in [9.17, 15) is 0 Å². The van der Waals surface area contributed by atoms with E-state index in [4.69, 9.17) is 5.73 Å². The largest absolute Gasteiger partial charge is 0.326 e. The molecule has 2 aromatic rings. The van der Waals surface area contributed by atoms with Gasteiger partial charge in [0.15, 0.2) is 0 Å². The number of nitrogens with two attached hydrogens (primary N) is 1. The molecule has 0 aliphatic heterocycles. The van der Waals surface area contributed by atoms with Crippen molar-refractivity contribution in [3.8, 4) is 0 Å². The second kappa shape index (κ2) is 4.71. The van der Waals surface area contributed by atoms with Gasteiger partial charge in [-0.15, -0.1) is 0 Å². The Bertz CT molecular complexity index is 509. The minimum atomic E-state index is 0.540. The lowest BCUT2D eigenvalue weighted by atomic mass is 10.2. The van der Waals surface area contributed by atoms with Crippen LogP contribution in [-0.2, 0) is 19.6 Å². The van der Waals surface area contributed by atoms with Gasteiger partial charge < -0.3 is 5.73 Å². The number of hydrogen-bond acceptors (Lipinski definition) is 3. The van der Waals surface area contributed by atoms with E-state index in [1.807, 2.05) is 22.5 Å². The van der Waals surface area contributed by atoms with Gasteiger partial charge in [-0.2, -0.15) is 10.2 Å². The first kappa shape index (κ1) is 11.9. The first-order valence-corrected chi connectivity index (χ1v) is 5.90. The van der Waals surface area contributed by atoms with Gasteiger partial charge in [-0.25, -0.2) is 0 Å². The van der Waals surface area contributed by atoms with Gasteiger partial charge in [-0.1, -0.05) is 0 Å². The molecule has 0 saturated carbocycles. The molecule has 0 aromatic carbocycles. The van der Waals surface area contributed by atoms with E-state index in [0.29, 0.717) is 6.54 Å². The molecule has 0 saturated heterocycles. The highest BCUT2D eigenvalue weighted by molar-refractivity contribution is 5.17. The lowest BCUT2D eigenvalue weighted by Crippen LogP contribution is -2.10. The minimum Gasteiger partial charge on any atom is -0.326 e. The molecule has 0 fully saturated rings. The van der Waals surface area contributed by atoms with E-state index in [1.165, 1.54) is 5.69 Å². The molecular weight excluding hydrogens is 214 g/mol. The quantitative estimate of drug-likeness (QED) is 0.863. The normalized spacial score (nSPS) is 11.1. The number of aromatic nitrogens is 4. The average Bonchev–Trinajstić information content (AvgIpc) is 2.84. The second-order valence-corrected chi connectivity index (χ2v) is 4.21. The Labute approximate surface area is 101 Å². The summed E-state index contributed by atoms with van der Waals surface area (Å²) in [7, 11) is 0. The summed E-state index contributed by atoms with van der Waals surface area (Å²) in [5, 5.41) is 8.79. The molecule has 17 heavy (non-hydrogen) atoms. The standard InChI is InChI=1S/C12H19N5/c1-4-16-12(5-9(2)15-16)8-17-10(3)11(6-13)7-14-17/h5,7H,4,6,8,13H2,1-3H3. The highest BCUT2D eigenvalue weighted by Crippen LogP contribution is 2.10. The molecule has 0 unspecified atom stereocenters. The molecule has 0 aliphatic carbocycles. The van der Waals surface area contributed by atoms with Crippen LogP contribution in [0.25, 0.3) is 0 Å². The van der Waals surface area contributed by atoms with E-state index in [-0.39, 0.29) is 0 Å². The van der Waals surface area contributed by atoms with E-state index in [0.717, 1.165) is 30.0 Å². The summed E-state index contributed by atoms with van der Waals surface area (Å²) in [5.41, 5.74) is 10.1. The third kappa shape index (κ3) is 2.24. The van der Waals surface area contributed by atoms with Crippen LogP contribution in [-0.4, -0.2) is 19.6 Å². The van der Waals surface area contributed by atoms with Crippen LogP contribution < -0.4 is 5.73 Å². The molecule has 0 aliphatic rings. The Morgan fingerprint density at radius 2 is 2.06 bits per heavy atom. The van der Waals surface area contributed by atoms with Gasteiger partial charge in [0.25, 0.3) is 0 Å². The lowest BCUT2D eigenvalue weighted by molar-refractivity contribution is 0.568. The van der Waals surface area contributed by atoms with Gasteiger partial charge in [0.2, 0.25) is 0 Å². The van der Waals surface area contributed by atoms with Crippen LogP contribution in [0.2, 0.25) is 0 Å².